The molecule has 2 N–H and O–H groups in total. The Morgan fingerprint density at radius 2 is 1.83 bits per heavy atom. The Labute approximate surface area is 107 Å². The fraction of sp³-hybridized carbons (Fsp3) is 0.133. The molecule has 0 unspecified atom stereocenters. The Bertz CT molecular complexity index is 543. The molecule has 0 spiro atoms. The van der Waals surface area contributed by atoms with Gasteiger partial charge in [-0.15, -0.1) is 0 Å². The molecule has 0 radical (unpaired) electrons. The number of hydrogen-bond acceptors (Lipinski definition) is 3. The summed E-state index contributed by atoms with van der Waals surface area (Å²) in [4.78, 5) is 0. The number of nitrogens with two attached hydrogens (primary N) is 1. The maximum Gasteiger partial charge on any atom is 0.0992 e. The molecule has 0 amide bonds. The maximum atomic E-state index is 8.84. The first-order valence-corrected chi connectivity index (χ1v) is 5.86. The molecular weight excluding hydrogens is 222 g/mol. The second-order valence-electron chi connectivity index (χ2n) is 4.09. The number of nitrogens with zero attached hydrogens (tertiary/aromatic N) is 2. The van der Waals surface area contributed by atoms with Crippen LogP contribution < -0.4 is 10.9 Å². The van der Waals surface area contributed by atoms with Crippen LogP contribution in [-0.4, -0.2) is 6.54 Å². The third kappa shape index (κ3) is 3.09. The monoisotopic (exact) mass is 237 g/mol. The van der Waals surface area contributed by atoms with Crippen LogP contribution in [0.3, 0.4) is 0 Å². The number of rotatable bonds is 4. The Morgan fingerprint density at radius 3 is 2.56 bits per heavy atom. The Kier molecular flexibility index (Phi) is 3.95. The Balaban J connectivity index is 1.99. The van der Waals surface area contributed by atoms with Gasteiger partial charge in [0, 0.05) is 6.54 Å². The van der Waals surface area contributed by atoms with Crippen LogP contribution in [0.1, 0.15) is 11.1 Å². The minimum absolute atomic E-state index is 0.627. The second kappa shape index (κ2) is 5.85. The van der Waals surface area contributed by atoms with Gasteiger partial charge in [0.05, 0.1) is 17.3 Å². The first kappa shape index (κ1) is 12.2. The van der Waals surface area contributed by atoms with E-state index < -0.39 is 0 Å². The van der Waals surface area contributed by atoms with Gasteiger partial charge in [-0.1, -0.05) is 36.4 Å². The summed E-state index contributed by atoms with van der Waals surface area (Å²) < 4.78 is 0. The van der Waals surface area contributed by atoms with Crippen LogP contribution in [0.5, 0.6) is 0 Å². The molecule has 0 aliphatic heterocycles. The largest absolute Gasteiger partial charge is 0.311 e. The van der Waals surface area contributed by atoms with Gasteiger partial charge in [0.25, 0.3) is 0 Å². The molecule has 0 saturated heterocycles. The van der Waals surface area contributed by atoms with E-state index in [1.807, 2.05) is 30.3 Å². The van der Waals surface area contributed by atoms with E-state index in [0.717, 1.165) is 18.7 Å². The first-order valence-electron chi connectivity index (χ1n) is 5.86. The van der Waals surface area contributed by atoms with Gasteiger partial charge in [0.2, 0.25) is 0 Å². The summed E-state index contributed by atoms with van der Waals surface area (Å²) >= 11 is 0. The van der Waals surface area contributed by atoms with Crippen molar-refractivity contribution in [2.24, 2.45) is 5.84 Å². The van der Waals surface area contributed by atoms with Crippen molar-refractivity contribution in [3.63, 3.8) is 0 Å². The first-order chi connectivity index (χ1) is 8.79. The lowest BCUT2D eigenvalue weighted by atomic mass is 10.1. The van der Waals surface area contributed by atoms with Crippen LogP contribution in [0.15, 0.2) is 54.6 Å². The van der Waals surface area contributed by atoms with Crippen molar-refractivity contribution in [1.29, 1.82) is 5.26 Å². The van der Waals surface area contributed by atoms with Crippen LogP contribution in [0.25, 0.3) is 0 Å². The molecule has 3 heteroatoms. The number of hydrazine groups is 1. The lowest BCUT2D eigenvalue weighted by Gasteiger charge is -2.18. The molecule has 3 nitrogen and oxygen atoms in total. The summed E-state index contributed by atoms with van der Waals surface area (Å²) in [5.41, 5.74) is 2.75. The Hall–Kier alpha value is -2.31. The van der Waals surface area contributed by atoms with Gasteiger partial charge in [-0.3, -0.25) is 0 Å². The van der Waals surface area contributed by atoms with Crippen molar-refractivity contribution in [1.82, 2.24) is 0 Å². The van der Waals surface area contributed by atoms with E-state index in [1.165, 1.54) is 5.56 Å². The van der Waals surface area contributed by atoms with Crippen LogP contribution >= 0.6 is 0 Å². The number of hydrogen-bond donors (Lipinski definition) is 1. The van der Waals surface area contributed by atoms with Crippen LogP contribution in [0, 0.1) is 11.3 Å². The van der Waals surface area contributed by atoms with Gasteiger partial charge in [0.15, 0.2) is 0 Å². The zero-order chi connectivity index (χ0) is 12.8. The van der Waals surface area contributed by atoms with Crippen LogP contribution in [-0.2, 0) is 6.42 Å². The summed E-state index contributed by atoms with van der Waals surface area (Å²) in [5, 5.41) is 10.5. The zero-order valence-corrected chi connectivity index (χ0v) is 10.1. The van der Waals surface area contributed by atoms with Crippen molar-refractivity contribution < 1.29 is 0 Å². The third-order valence-electron chi connectivity index (χ3n) is 2.79. The molecule has 18 heavy (non-hydrogen) atoms. The van der Waals surface area contributed by atoms with Crippen molar-refractivity contribution in [2.75, 3.05) is 11.6 Å². The molecule has 0 saturated carbocycles. The molecule has 0 heterocycles. The normalized spacial score (nSPS) is 9.78. The van der Waals surface area contributed by atoms with Crippen molar-refractivity contribution in [3.05, 3.63) is 65.7 Å². The summed E-state index contributed by atoms with van der Waals surface area (Å²) in [7, 11) is 0. The van der Waals surface area contributed by atoms with Crippen molar-refractivity contribution in [2.45, 2.75) is 6.42 Å². The highest BCUT2D eigenvalue weighted by molar-refractivity contribution is 5.50. The number of benzene rings is 2. The van der Waals surface area contributed by atoms with Gasteiger partial charge >= 0.3 is 0 Å². The fourth-order valence-electron chi connectivity index (χ4n) is 1.78. The Morgan fingerprint density at radius 1 is 1.06 bits per heavy atom. The van der Waals surface area contributed by atoms with Crippen LogP contribution in [0.4, 0.5) is 5.69 Å². The van der Waals surface area contributed by atoms with Gasteiger partial charge in [-0.25, -0.2) is 5.84 Å². The quantitative estimate of drug-likeness (QED) is 0.656. The van der Waals surface area contributed by atoms with E-state index in [9.17, 15) is 0 Å². The average molecular weight is 237 g/mol. The highest BCUT2D eigenvalue weighted by atomic mass is 15.4. The maximum absolute atomic E-state index is 8.84. The molecule has 90 valence electrons. The van der Waals surface area contributed by atoms with E-state index in [-0.39, 0.29) is 0 Å². The average Bonchev–Trinajstić information content (AvgIpc) is 2.46. The standard InChI is InChI=1S/C15H15N3/c16-12-14-7-4-8-15(11-14)18(17)10-9-13-5-2-1-3-6-13/h1-8,11H,9-10,17H2. The molecule has 0 bridgehead atoms. The van der Waals surface area contributed by atoms with Crippen molar-refractivity contribution in [3.8, 4) is 6.07 Å². The molecule has 2 aromatic carbocycles. The van der Waals surface area contributed by atoms with Gasteiger partial charge < -0.3 is 5.01 Å². The third-order valence-corrected chi connectivity index (χ3v) is 2.79. The smallest absolute Gasteiger partial charge is 0.0992 e. The topological polar surface area (TPSA) is 53.0 Å². The van der Waals surface area contributed by atoms with E-state index in [2.05, 4.69) is 18.2 Å². The molecule has 2 rings (SSSR count). The predicted octanol–water partition coefficient (Wildman–Crippen LogP) is 2.48. The van der Waals surface area contributed by atoms with Gasteiger partial charge in [-0.05, 0) is 30.2 Å². The van der Waals surface area contributed by atoms with E-state index in [0.29, 0.717) is 5.56 Å². The second-order valence-corrected chi connectivity index (χ2v) is 4.09. The summed E-state index contributed by atoms with van der Waals surface area (Å²) in [6.45, 7) is 0.721. The van der Waals surface area contributed by atoms with Crippen LogP contribution in [0.2, 0.25) is 0 Å². The number of anilines is 1. The van der Waals surface area contributed by atoms with E-state index in [4.69, 9.17) is 11.1 Å². The molecule has 2 aromatic rings. The molecule has 0 fully saturated rings. The van der Waals surface area contributed by atoms with E-state index >= 15 is 0 Å². The van der Waals surface area contributed by atoms with Crippen molar-refractivity contribution >= 4 is 5.69 Å². The fourth-order valence-corrected chi connectivity index (χ4v) is 1.78. The minimum atomic E-state index is 0.627. The number of nitriles is 1. The lowest BCUT2D eigenvalue weighted by Crippen LogP contribution is -2.32. The molecule has 0 atom stereocenters. The molecule has 0 aromatic heterocycles. The molecule has 0 aliphatic carbocycles. The van der Waals surface area contributed by atoms with Gasteiger partial charge in [0.1, 0.15) is 0 Å². The highest BCUT2D eigenvalue weighted by Gasteiger charge is 2.02. The summed E-state index contributed by atoms with van der Waals surface area (Å²) in [6, 6.07) is 19.6. The SMILES string of the molecule is N#Cc1cccc(N(N)CCc2ccccc2)c1. The van der Waals surface area contributed by atoms with E-state index in [1.54, 1.807) is 17.1 Å². The summed E-state index contributed by atoms with van der Waals surface area (Å²) in [6.07, 6.45) is 0.883. The minimum Gasteiger partial charge on any atom is -0.311 e. The zero-order valence-electron chi connectivity index (χ0n) is 10.1. The predicted molar refractivity (Wildman–Crippen MR) is 72.8 cm³/mol. The highest BCUT2D eigenvalue weighted by Crippen LogP contribution is 2.13. The summed E-state index contributed by atoms with van der Waals surface area (Å²) in [5.74, 6) is 5.99. The van der Waals surface area contributed by atoms with Gasteiger partial charge in [-0.2, -0.15) is 5.26 Å². The lowest BCUT2D eigenvalue weighted by molar-refractivity contribution is 0.824. The molecule has 0 aliphatic rings. The molecular formula is C15H15N3.